The number of fused-ring (bicyclic) bond motifs is 1. The highest BCUT2D eigenvalue weighted by Gasteiger charge is 2.07. The third kappa shape index (κ3) is 2.37. The van der Waals surface area contributed by atoms with Crippen LogP contribution in [0.2, 0.25) is 0 Å². The summed E-state index contributed by atoms with van der Waals surface area (Å²) < 4.78 is 4.69. The molecule has 96 valence electrons. The number of rotatable bonds is 3. The van der Waals surface area contributed by atoms with Crippen molar-refractivity contribution in [3.8, 4) is 0 Å². The zero-order valence-electron chi connectivity index (χ0n) is 10.7. The molecule has 0 radical (unpaired) electrons. The van der Waals surface area contributed by atoms with E-state index in [0.29, 0.717) is 12.5 Å². The Morgan fingerprint density at radius 1 is 1.16 bits per heavy atom. The quantitative estimate of drug-likeness (QED) is 0.712. The van der Waals surface area contributed by atoms with Gasteiger partial charge in [-0.15, -0.1) is 0 Å². The van der Waals surface area contributed by atoms with Gasteiger partial charge < -0.3 is 4.90 Å². The zero-order valence-corrected chi connectivity index (χ0v) is 10.7. The highest BCUT2D eigenvalue weighted by Crippen LogP contribution is 2.15. The van der Waals surface area contributed by atoms with E-state index in [1.165, 1.54) is 0 Å². The Morgan fingerprint density at radius 2 is 2.00 bits per heavy atom. The number of aromatic nitrogens is 4. The molecule has 0 saturated carbocycles. The van der Waals surface area contributed by atoms with Crippen molar-refractivity contribution in [1.29, 1.82) is 0 Å². The van der Waals surface area contributed by atoms with Gasteiger partial charge in [0.1, 0.15) is 11.0 Å². The molecule has 6 heteroatoms. The van der Waals surface area contributed by atoms with E-state index in [1.54, 1.807) is 6.20 Å². The molecule has 0 aliphatic heterocycles. The van der Waals surface area contributed by atoms with Crippen molar-refractivity contribution in [3.05, 3.63) is 41.7 Å². The van der Waals surface area contributed by atoms with E-state index in [9.17, 15) is 0 Å². The Labute approximate surface area is 110 Å². The summed E-state index contributed by atoms with van der Waals surface area (Å²) in [5.41, 5.74) is 3.58. The fourth-order valence-corrected chi connectivity index (χ4v) is 1.89. The van der Waals surface area contributed by atoms with Crippen LogP contribution in [0.5, 0.6) is 0 Å². The molecule has 0 bridgehead atoms. The highest BCUT2D eigenvalue weighted by atomic mass is 16.6. The van der Waals surface area contributed by atoms with Crippen LogP contribution in [0, 0.1) is 6.92 Å². The van der Waals surface area contributed by atoms with Crippen molar-refractivity contribution in [2.75, 3.05) is 11.9 Å². The van der Waals surface area contributed by atoms with Crippen molar-refractivity contribution in [2.45, 2.75) is 13.5 Å². The van der Waals surface area contributed by atoms with Gasteiger partial charge in [-0.05, 0) is 41.0 Å². The summed E-state index contributed by atoms with van der Waals surface area (Å²) in [5, 5.41) is 7.62. The van der Waals surface area contributed by atoms with Crippen LogP contribution in [0.25, 0.3) is 11.0 Å². The minimum absolute atomic E-state index is 0.701. The lowest BCUT2D eigenvalue weighted by Crippen LogP contribution is -2.19. The van der Waals surface area contributed by atoms with E-state index in [0.717, 1.165) is 22.3 Å². The largest absolute Gasteiger partial charge is 0.340 e. The second-order valence-corrected chi connectivity index (χ2v) is 4.44. The molecule has 0 atom stereocenters. The molecule has 19 heavy (non-hydrogen) atoms. The first-order valence-corrected chi connectivity index (χ1v) is 5.94. The first kappa shape index (κ1) is 11.6. The summed E-state index contributed by atoms with van der Waals surface area (Å²) in [6, 6.07) is 7.73. The van der Waals surface area contributed by atoms with E-state index < -0.39 is 0 Å². The predicted molar refractivity (Wildman–Crippen MR) is 70.7 cm³/mol. The van der Waals surface area contributed by atoms with Gasteiger partial charge in [-0.3, -0.25) is 0 Å². The van der Waals surface area contributed by atoms with Crippen molar-refractivity contribution in [3.63, 3.8) is 0 Å². The number of hydrogen-bond acceptors (Lipinski definition) is 6. The standard InChI is InChI=1S/C13H13N5O/c1-9-5-6-14-13(15-9)18(2)8-10-3-4-11-12(7-10)17-19-16-11/h3-7H,8H2,1-2H3. The van der Waals surface area contributed by atoms with Crippen LogP contribution in [0.1, 0.15) is 11.3 Å². The lowest BCUT2D eigenvalue weighted by molar-refractivity contribution is 0.315. The van der Waals surface area contributed by atoms with Gasteiger partial charge in [0.25, 0.3) is 0 Å². The van der Waals surface area contributed by atoms with Gasteiger partial charge in [-0.25, -0.2) is 14.6 Å². The Bertz CT molecular complexity index is 709. The van der Waals surface area contributed by atoms with Crippen molar-refractivity contribution < 1.29 is 4.63 Å². The lowest BCUT2D eigenvalue weighted by atomic mass is 10.2. The van der Waals surface area contributed by atoms with Gasteiger partial charge in [0.15, 0.2) is 0 Å². The molecule has 1 aromatic carbocycles. The molecule has 0 N–H and O–H groups in total. The molecule has 0 fully saturated rings. The Morgan fingerprint density at radius 3 is 2.84 bits per heavy atom. The Balaban J connectivity index is 1.83. The van der Waals surface area contributed by atoms with Crippen LogP contribution >= 0.6 is 0 Å². The minimum atomic E-state index is 0.701. The van der Waals surface area contributed by atoms with Crippen molar-refractivity contribution in [1.82, 2.24) is 20.3 Å². The smallest absolute Gasteiger partial charge is 0.225 e. The average molecular weight is 255 g/mol. The maximum Gasteiger partial charge on any atom is 0.225 e. The maximum absolute atomic E-state index is 4.69. The van der Waals surface area contributed by atoms with Crippen LogP contribution < -0.4 is 4.90 Å². The SMILES string of the molecule is Cc1ccnc(N(C)Cc2ccc3nonc3c2)n1. The van der Waals surface area contributed by atoms with Gasteiger partial charge in [-0.1, -0.05) is 6.07 Å². The third-order valence-corrected chi connectivity index (χ3v) is 2.86. The number of aryl methyl sites for hydroxylation is 1. The van der Waals surface area contributed by atoms with Gasteiger partial charge >= 0.3 is 0 Å². The fraction of sp³-hybridized carbons (Fsp3) is 0.231. The van der Waals surface area contributed by atoms with Gasteiger partial charge in [0.2, 0.25) is 5.95 Å². The van der Waals surface area contributed by atoms with Crippen LogP contribution in [-0.4, -0.2) is 27.3 Å². The van der Waals surface area contributed by atoms with Crippen LogP contribution in [-0.2, 0) is 6.54 Å². The van der Waals surface area contributed by atoms with E-state index in [1.807, 2.05) is 43.1 Å². The summed E-state index contributed by atoms with van der Waals surface area (Å²) in [5.74, 6) is 0.707. The molecule has 3 rings (SSSR count). The Hall–Kier alpha value is -2.50. The van der Waals surface area contributed by atoms with E-state index in [2.05, 4.69) is 24.9 Å². The Kier molecular flexibility index (Phi) is 2.83. The number of hydrogen-bond donors (Lipinski definition) is 0. The van der Waals surface area contributed by atoms with Crippen molar-refractivity contribution >= 4 is 17.0 Å². The van der Waals surface area contributed by atoms with Gasteiger partial charge in [0, 0.05) is 25.5 Å². The molecule has 0 aliphatic carbocycles. The summed E-state index contributed by atoms with van der Waals surface area (Å²) in [6.45, 7) is 2.65. The molecular formula is C13H13N5O. The fourth-order valence-electron chi connectivity index (χ4n) is 1.89. The zero-order chi connectivity index (χ0) is 13.2. The molecule has 6 nitrogen and oxygen atoms in total. The average Bonchev–Trinajstić information content (AvgIpc) is 2.86. The molecule has 0 amide bonds. The van der Waals surface area contributed by atoms with E-state index >= 15 is 0 Å². The monoisotopic (exact) mass is 255 g/mol. The molecular weight excluding hydrogens is 242 g/mol. The van der Waals surface area contributed by atoms with Crippen LogP contribution in [0.4, 0.5) is 5.95 Å². The molecule has 0 saturated heterocycles. The first-order chi connectivity index (χ1) is 9.22. The summed E-state index contributed by atoms with van der Waals surface area (Å²) in [4.78, 5) is 10.6. The predicted octanol–water partition coefficient (Wildman–Crippen LogP) is 1.96. The summed E-state index contributed by atoms with van der Waals surface area (Å²) in [6.07, 6.45) is 1.76. The minimum Gasteiger partial charge on any atom is -0.340 e. The lowest BCUT2D eigenvalue weighted by Gasteiger charge is -2.17. The molecule has 0 spiro atoms. The normalized spacial score (nSPS) is 10.8. The molecule has 2 heterocycles. The second-order valence-electron chi connectivity index (χ2n) is 4.44. The highest BCUT2D eigenvalue weighted by molar-refractivity contribution is 5.73. The van der Waals surface area contributed by atoms with Gasteiger partial charge in [0.05, 0.1) is 0 Å². The number of anilines is 1. The van der Waals surface area contributed by atoms with Crippen molar-refractivity contribution in [2.24, 2.45) is 0 Å². The molecule has 2 aromatic heterocycles. The number of benzene rings is 1. The summed E-state index contributed by atoms with van der Waals surface area (Å²) in [7, 11) is 1.96. The topological polar surface area (TPSA) is 67.9 Å². The molecule has 0 unspecified atom stereocenters. The maximum atomic E-state index is 4.69. The van der Waals surface area contributed by atoms with E-state index in [-0.39, 0.29) is 0 Å². The van der Waals surface area contributed by atoms with Gasteiger partial charge in [-0.2, -0.15) is 0 Å². The number of nitrogens with zero attached hydrogens (tertiary/aromatic N) is 5. The third-order valence-electron chi connectivity index (χ3n) is 2.86. The second kappa shape index (κ2) is 4.64. The van der Waals surface area contributed by atoms with E-state index in [4.69, 9.17) is 0 Å². The first-order valence-electron chi connectivity index (χ1n) is 5.94. The van der Waals surface area contributed by atoms with Crippen LogP contribution in [0.3, 0.4) is 0 Å². The molecule has 3 aromatic rings. The molecule has 0 aliphatic rings. The van der Waals surface area contributed by atoms with Crippen LogP contribution in [0.15, 0.2) is 35.1 Å². The summed E-state index contributed by atoms with van der Waals surface area (Å²) >= 11 is 0.